The number of methoxy groups -OCH3 is 2. The molecular weight excluding hydrogens is 264 g/mol. The van der Waals surface area contributed by atoms with Gasteiger partial charge in [-0.05, 0) is 38.0 Å². The Kier molecular flexibility index (Phi) is 3.34. The van der Waals surface area contributed by atoms with Gasteiger partial charge in [-0.15, -0.1) is 0 Å². The molecule has 0 radical (unpaired) electrons. The first-order valence-electron chi connectivity index (χ1n) is 7.83. The molecule has 21 heavy (non-hydrogen) atoms. The van der Waals surface area contributed by atoms with E-state index in [0.717, 1.165) is 30.1 Å². The summed E-state index contributed by atoms with van der Waals surface area (Å²) in [4.78, 5) is 0. The van der Waals surface area contributed by atoms with Crippen LogP contribution in [0.15, 0.2) is 12.1 Å². The molecule has 1 fully saturated rings. The summed E-state index contributed by atoms with van der Waals surface area (Å²) in [7, 11) is 3.40. The highest BCUT2D eigenvalue weighted by Crippen LogP contribution is 2.54. The SMILES string of the molecule is COc1cc(OC)c2c(c1)O[C@]1(C)CCCC(C)(C)[C@H]1C2. The molecule has 116 valence electrons. The van der Waals surface area contributed by atoms with Gasteiger partial charge >= 0.3 is 0 Å². The molecule has 0 unspecified atom stereocenters. The van der Waals surface area contributed by atoms with Crippen LogP contribution in [0.2, 0.25) is 0 Å². The van der Waals surface area contributed by atoms with Crippen molar-refractivity contribution in [2.24, 2.45) is 11.3 Å². The van der Waals surface area contributed by atoms with Crippen LogP contribution < -0.4 is 14.2 Å². The minimum Gasteiger partial charge on any atom is -0.496 e. The minimum absolute atomic E-state index is 0.0773. The molecule has 3 rings (SSSR count). The van der Waals surface area contributed by atoms with Gasteiger partial charge < -0.3 is 14.2 Å². The summed E-state index contributed by atoms with van der Waals surface area (Å²) >= 11 is 0. The second kappa shape index (κ2) is 4.82. The average molecular weight is 290 g/mol. The highest BCUT2D eigenvalue weighted by molar-refractivity contribution is 5.52. The molecule has 3 heteroatoms. The Balaban J connectivity index is 2.08. The van der Waals surface area contributed by atoms with E-state index >= 15 is 0 Å². The van der Waals surface area contributed by atoms with Gasteiger partial charge in [0.25, 0.3) is 0 Å². The van der Waals surface area contributed by atoms with E-state index in [0.29, 0.717) is 11.3 Å². The van der Waals surface area contributed by atoms with Crippen molar-refractivity contribution in [2.45, 2.75) is 52.1 Å². The Morgan fingerprint density at radius 2 is 1.86 bits per heavy atom. The van der Waals surface area contributed by atoms with Crippen LogP contribution in [-0.4, -0.2) is 19.8 Å². The van der Waals surface area contributed by atoms with E-state index in [2.05, 4.69) is 20.8 Å². The van der Waals surface area contributed by atoms with Gasteiger partial charge in [0.05, 0.1) is 14.2 Å². The summed E-state index contributed by atoms with van der Waals surface area (Å²) in [6.07, 6.45) is 4.65. The van der Waals surface area contributed by atoms with E-state index in [1.54, 1.807) is 14.2 Å². The van der Waals surface area contributed by atoms with Crippen LogP contribution in [0, 0.1) is 11.3 Å². The number of rotatable bonds is 2. The van der Waals surface area contributed by atoms with Crippen molar-refractivity contribution < 1.29 is 14.2 Å². The Bertz CT molecular complexity index is 550. The molecule has 0 bridgehead atoms. The zero-order valence-corrected chi connectivity index (χ0v) is 13.8. The van der Waals surface area contributed by atoms with Crippen LogP contribution in [-0.2, 0) is 6.42 Å². The van der Waals surface area contributed by atoms with Crippen molar-refractivity contribution in [1.82, 2.24) is 0 Å². The van der Waals surface area contributed by atoms with Crippen molar-refractivity contribution >= 4 is 0 Å². The largest absolute Gasteiger partial charge is 0.496 e. The third kappa shape index (κ3) is 2.27. The second-order valence-electron chi connectivity index (χ2n) is 7.32. The molecule has 1 aromatic rings. The van der Waals surface area contributed by atoms with E-state index < -0.39 is 0 Å². The average Bonchev–Trinajstić information content (AvgIpc) is 2.43. The van der Waals surface area contributed by atoms with Crippen LogP contribution in [0.4, 0.5) is 0 Å². The third-order valence-electron chi connectivity index (χ3n) is 5.52. The van der Waals surface area contributed by atoms with Crippen molar-refractivity contribution in [3.05, 3.63) is 17.7 Å². The zero-order valence-electron chi connectivity index (χ0n) is 13.8. The monoisotopic (exact) mass is 290 g/mol. The number of benzene rings is 1. The minimum atomic E-state index is -0.0773. The number of hydrogen-bond acceptors (Lipinski definition) is 3. The number of ether oxygens (including phenoxy) is 3. The molecular formula is C18H26O3. The molecule has 1 aliphatic carbocycles. The first-order valence-corrected chi connectivity index (χ1v) is 7.83. The van der Waals surface area contributed by atoms with Gasteiger partial charge in [0.2, 0.25) is 0 Å². The fourth-order valence-electron chi connectivity index (χ4n) is 4.33. The lowest BCUT2D eigenvalue weighted by Gasteiger charge is -2.53. The molecule has 0 aromatic heterocycles. The second-order valence-corrected chi connectivity index (χ2v) is 7.32. The molecule has 1 heterocycles. The zero-order chi connectivity index (χ0) is 15.3. The quantitative estimate of drug-likeness (QED) is 0.816. The molecule has 1 aromatic carbocycles. The van der Waals surface area contributed by atoms with Crippen molar-refractivity contribution in [3.8, 4) is 17.2 Å². The van der Waals surface area contributed by atoms with Gasteiger partial charge in [-0.25, -0.2) is 0 Å². The summed E-state index contributed by atoms with van der Waals surface area (Å²) in [6, 6.07) is 3.96. The van der Waals surface area contributed by atoms with Crippen LogP contribution in [0.25, 0.3) is 0 Å². The van der Waals surface area contributed by atoms with Gasteiger partial charge in [-0.3, -0.25) is 0 Å². The first kappa shape index (κ1) is 14.6. The van der Waals surface area contributed by atoms with Crippen molar-refractivity contribution in [3.63, 3.8) is 0 Å². The molecule has 2 aliphatic rings. The van der Waals surface area contributed by atoms with Crippen molar-refractivity contribution in [2.75, 3.05) is 14.2 Å². The lowest BCUT2D eigenvalue weighted by Crippen LogP contribution is -2.53. The molecule has 2 atom stereocenters. The maximum atomic E-state index is 6.48. The fourth-order valence-corrected chi connectivity index (χ4v) is 4.33. The van der Waals surface area contributed by atoms with Crippen LogP contribution >= 0.6 is 0 Å². The molecule has 0 N–H and O–H groups in total. The van der Waals surface area contributed by atoms with E-state index in [4.69, 9.17) is 14.2 Å². The van der Waals surface area contributed by atoms with Crippen LogP contribution in [0.1, 0.15) is 45.6 Å². The van der Waals surface area contributed by atoms with Gasteiger partial charge in [0.1, 0.15) is 22.8 Å². The number of hydrogen-bond donors (Lipinski definition) is 0. The highest BCUT2D eigenvalue weighted by atomic mass is 16.5. The summed E-state index contributed by atoms with van der Waals surface area (Å²) in [5.74, 6) is 3.13. The van der Waals surface area contributed by atoms with E-state index in [1.807, 2.05) is 12.1 Å². The summed E-state index contributed by atoms with van der Waals surface area (Å²) in [5.41, 5.74) is 1.41. The molecule has 0 spiro atoms. The maximum Gasteiger partial charge on any atom is 0.130 e. The standard InChI is InChI=1S/C18H26O3/c1-17(2)7-6-8-18(3)16(17)11-13-14(20-5)9-12(19-4)10-15(13)21-18/h9-10,16H,6-8,11H2,1-5H3/t16-,18-/m1/s1. The predicted octanol–water partition coefficient (Wildman–Crippen LogP) is 4.22. The fraction of sp³-hybridized carbons (Fsp3) is 0.667. The van der Waals surface area contributed by atoms with Gasteiger partial charge in [0.15, 0.2) is 0 Å². The van der Waals surface area contributed by atoms with E-state index in [-0.39, 0.29) is 5.60 Å². The summed E-state index contributed by atoms with van der Waals surface area (Å²) in [5, 5.41) is 0. The summed E-state index contributed by atoms with van der Waals surface area (Å²) in [6.45, 7) is 7.02. The Morgan fingerprint density at radius 1 is 1.10 bits per heavy atom. The molecule has 3 nitrogen and oxygen atoms in total. The van der Waals surface area contributed by atoms with Gasteiger partial charge in [0, 0.05) is 23.6 Å². The normalized spacial score (nSPS) is 29.9. The molecule has 1 aliphatic heterocycles. The molecule has 0 saturated heterocycles. The van der Waals surface area contributed by atoms with Crippen LogP contribution in [0.3, 0.4) is 0 Å². The Hall–Kier alpha value is -1.38. The Morgan fingerprint density at radius 3 is 2.52 bits per heavy atom. The topological polar surface area (TPSA) is 27.7 Å². The molecule has 0 amide bonds. The van der Waals surface area contributed by atoms with E-state index in [9.17, 15) is 0 Å². The van der Waals surface area contributed by atoms with E-state index in [1.165, 1.54) is 18.4 Å². The lowest BCUT2D eigenvalue weighted by atomic mass is 9.59. The lowest BCUT2D eigenvalue weighted by molar-refractivity contribution is -0.0820. The van der Waals surface area contributed by atoms with Gasteiger partial charge in [-0.2, -0.15) is 0 Å². The maximum absolute atomic E-state index is 6.48. The number of fused-ring (bicyclic) bond motifs is 2. The third-order valence-corrected chi connectivity index (χ3v) is 5.52. The summed E-state index contributed by atoms with van der Waals surface area (Å²) < 4.78 is 17.4. The molecule has 1 saturated carbocycles. The first-order chi connectivity index (χ1) is 9.89. The highest BCUT2D eigenvalue weighted by Gasteiger charge is 2.51. The predicted molar refractivity (Wildman–Crippen MR) is 83.4 cm³/mol. The Labute approximate surface area is 127 Å². The van der Waals surface area contributed by atoms with Gasteiger partial charge in [-0.1, -0.05) is 13.8 Å². The van der Waals surface area contributed by atoms with Crippen molar-refractivity contribution in [1.29, 1.82) is 0 Å². The smallest absolute Gasteiger partial charge is 0.130 e. The van der Waals surface area contributed by atoms with Crippen LogP contribution in [0.5, 0.6) is 17.2 Å².